The van der Waals surface area contributed by atoms with E-state index in [4.69, 9.17) is 14.2 Å². The van der Waals surface area contributed by atoms with Gasteiger partial charge in [-0.1, -0.05) is 209 Å². The minimum Gasteiger partial charge on any atom is -0.462 e. The molecule has 0 amide bonds. The van der Waals surface area contributed by atoms with E-state index in [1.165, 1.54) is 96.3 Å². The highest BCUT2D eigenvalue weighted by Crippen LogP contribution is 2.14. The quantitative estimate of drug-likeness (QED) is 0.0262. The van der Waals surface area contributed by atoms with E-state index in [9.17, 15) is 14.4 Å². The van der Waals surface area contributed by atoms with Crippen molar-refractivity contribution in [1.82, 2.24) is 0 Å². The van der Waals surface area contributed by atoms with Crippen LogP contribution < -0.4 is 0 Å². The molecular weight excluding hydrogens is 805 g/mol. The Morgan fingerprint density at radius 1 is 0.323 bits per heavy atom. The Balaban J connectivity index is 4.47. The lowest BCUT2D eigenvalue weighted by atomic mass is 10.1. The van der Waals surface area contributed by atoms with Crippen LogP contribution >= 0.6 is 0 Å². The summed E-state index contributed by atoms with van der Waals surface area (Å²) in [6, 6.07) is 0. The molecule has 0 aromatic rings. The van der Waals surface area contributed by atoms with Crippen LogP contribution in [-0.2, 0) is 28.6 Å². The average Bonchev–Trinajstić information content (AvgIpc) is 3.30. The zero-order valence-corrected chi connectivity index (χ0v) is 42.5. The van der Waals surface area contributed by atoms with Crippen molar-refractivity contribution in [3.63, 3.8) is 0 Å². The zero-order chi connectivity index (χ0) is 47.2. The highest BCUT2D eigenvalue weighted by Gasteiger charge is 2.19. The maximum Gasteiger partial charge on any atom is 0.306 e. The van der Waals surface area contributed by atoms with Crippen molar-refractivity contribution in [2.45, 2.75) is 258 Å². The van der Waals surface area contributed by atoms with Crippen LogP contribution in [0.4, 0.5) is 0 Å². The van der Waals surface area contributed by atoms with E-state index in [0.29, 0.717) is 19.3 Å². The minimum absolute atomic E-state index is 0.107. The van der Waals surface area contributed by atoms with Gasteiger partial charge in [-0.2, -0.15) is 0 Å². The molecule has 0 radical (unpaired) electrons. The van der Waals surface area contributed by atoms with Gasteiger partial charge in [0.15, 0.2) is 6.10 Å². The molecular formula is C59H100O6. The Kier molecular flexibility index (Phi) is 50.4. The fourth-order valence-electron chi connectivity index (χ4n) is 7.29. The molecule has 0 aliphatic rings. The lowest BCUT2D eigenvalue weighted by molar-refractivity contribution is -0.167. The van der Waals surface area contributed by atoms with Crippen molar-refractivity contribution < 1.29 is 28.6 Å². The van der Waals surface area contributed by atoms with Gasteiger partial charge in [-0.05, 0) is 109 Å². The molecule has 0 saturated heterocycles. The Hall–Kier alpha value is -3.41. The first kappa shape index (κ1) is 61.6. The van der Waals surface area contributed by atoms with Gasteiger partial charge in [0, 0.05) is 19.3 Å². The van der Waals surface area contributed by atoms with Crippen molar-refractivity contribution in [2.75, 3.05) is 13.2 Å². The highest BCUT2D eigenvalue weighted by atomic mass is 16.6. The van der Waals surface area contributed by atoms with Crippen LogP contribution in [0.3, 0.4) is 0 Å². The zero-order valence-electron chi connectivity index (χ0n) is 42.5. The summed E-state index contributed by atoms with van der Waals surface area (Å²) in [7, 11) is 0. The van der Waals surface area contributed by atoms with E-state index >= 15 is 0 Å². The molecule has 1 unspecified atom stereocenters. The van der Waals surface area contributed by atoms with Gasteiger partial charge in [0.2, 0.25) is 0 Å². The topological polar surface area (TPSA) is 78.9 Å². The summed E-state index contributed by atoms with van der Waals surface area (Å²) >= 11 is 0. The predicted octanol–water partition coefficient (Wildman–Crippen LogP) is 18.0. The number of rotatable bonds is 48. The standard InChI is InChI=1S/C59H100O6/c1-4-7-10-13-16-19-22-25-27-29-31-32-34-37-40-43-46-49-52-58(61)64-55-56(54-63-57(60)51-48-45-42-39-36-24-21-18-15-12-9-6-3)65-59(62)53-50-47-44-41-38-35-33-30-28-26-23-20-17-14-11-8-5-2/h9,12,17-18,20-21,26,28,31-33,35,41,44,56H,4-8,10-11,13-16,19,22-25,27,29-30,34,36-40,42-43,45-55H2,1-3H3/b12-9-,20-17-,21-18-,28-26-,32-31-,35-33-,44-41-. The molecule has 0 aliphatic carbocycles. The number of esters is 3. The monoisotopic (exact) mass is 905 g/mol. The van der Waals surface area contributed by atoms with Crippen LogP contribution in [0.15, 0.2) is 85.1 Å². The number of carbonyl (C=O) groups is 3. The van der Waals surface area contributed by atoms with Gasteiger partial charge in [0.25, 0.3) is 0 Å². The second-order valence-corrected chi connectivity index (χ2v) is 17.7. The summed E-state index contributed by atoms with van der Waals surface area (Å²) < 4.78 is 16.7. The van der Waals surface area contributed by atoms with Crippen molar-refractivity contribution >= 4 is 17.9 Å². The molecule has 0 fully saturated rings. The van der Waals surface area contributed by atoms with Crippen molar-refractivity contribution in [3.8, 4) is 0 Å². The van der Waals surface area contributed by atoms with Crippen molar-refractivity contribution in [1.29, 1.82) is 0 Å². The average molecular weight is 905 g/mol. The molecule has 6 heteroatoms. The Morgan fingerprint density at radius 3 is 1.03 bits per heavy atom. The molecule has 1 atom stereocenters. The van der Waals surface area contributed by atoms with Crippen LogP contribution in [-0.4, -0.2) is 37.2 Å². The molecule has 0 spiro atoms. The predicted molar refractivity (Wildman–Crippen MR) is 279 cm³/mol. The van der Waals surface area contributed by atoms with E-state index in [0.717, 1.165) is 109 Å². The fourth-order valence-corrected chi connectivity index (χ4v) is 7.29. The minimum atomic E-state index is -0.814. The van der Waals surface area contributed by atoms with Gasteiger partial charge in [-0.25, -0.2) is 0 Å². The van der Waals surface area contributed by atoms with Gasteiger partial charge >= 0.3 is 17.9 Å². The molecule has 0 aromatic carbocycles. The molecule has 65 heavy (non-hydrogen) atoms. The maximum atomic E-state index is 12.8. The smallest absolute Gasteiger partial charge is 0.306 e. The van der Waals surface area contributed by atoms with Crippen molar-refractivity contribution in [2.24, 2.45) is 0 Å². The van der Waals surface area contributed by atoms with E-state index < -0.39 is 6.10 Å². The largest absolute Gasteiger partial charge is 0.462 e. The van der Waals surface area contributed by atoms with Gasteiger partial charge in [0.05, 0.1) is 0 Å². The summed E-state index contributed by atoms with van der Waals surface area (Å²) in [4.78, 5) is 38.0. The first-order valence-electron chi connectivity index (χ1n) is 27.1. The summed E-state index contributed by atoms with van der Waals surface area (Å²) in [5.74, 6) is -0.986. The Labute approximate surface area is 401 Å². The van der Waals surface area contributed by atoms with E-state index in [2.05, 4.69) is 106 Å². The molecule has 0 heterocycles. The number of hydrogen-bond donors (Lipinski definition) is 0. The van der Waals surface area contributed by atoms with Gasteiger partial charge in [-0.15, -0.1) is 0 Å². The molecule has 0 N–H and O–H groups in total. The molecule has 6 nitrogen and oxygen atoms in total. The normalized spacial score (nSPS) is 12.7. The molecule has 0 rings (SSSR count). The SMILES string of the molecule is CC/C=C\C/C=C\CCCCCCCC(=O)OCC(COC(=O)CCCCCCC/C=C\CCCCCCCCCCC)OC(=O)CCC/C=C\C/C=C\C/C=C\C/C=C\CCCCC. The van der Waals surface area contributed by atoms with E-state index in [1.807, 2.05) is 0 Å². The Morgan fingerprint density at radius 2 is 0.615 bits per heavy atom. The molecule has 0 aromatic heterocycles. The molecule has 0 bridgehead atoms. The molecule has 0 saturated carbocycles. The number of carbonyl (C=O) groups excluding carboxylic acids is 3. The second kappa shape index (κ2) is 53.2. The third-order valence-corrected chi connectivity index (χ3v) is 11.4. The lowest BCUT2D eigenvalue weighted by Crippen LogP contribution is -2.30. The Bertz CT molecular complexity index is 1270. The lowest BCUT2D eigenvalue weighted by Gasteiger charge is -2.18. The van der Waals surface area contributed by atoms with Crippen LogP contribution in [0.2, 0.25) is 0 Å². The number of unbranched alkanes of at least 4 members (excludes halogenated alkanes) is 23. The number of allylic oxidation sites excluding steroid dienone is 14. The molecule has 372 valence electrons. The van der Waals surface area contributed by atoms with Gasteiger partial charge in [-0.3, -0.25) is 14.4 Å². The first-order valence-corrected chi connectivity index (χ1v) is 27.1. The van der Waals surface area contributed by atoms with Crippen LogP contribution in [0, 0.1) is 0 Å². The van der Waals surface area contributed by atoms with E-state index in [-0.39, 0.29) is 37.5 Å². The van der Waals surface area contributed by atoms with Crippen LogP contribution in [0.25, 0.3) is 0 Å². The summed E-state index contributed by atoms with van der Waals surface area (Å²) in [6.45, 7) is 6.44. The maximum absolute atomic E-state index is 12.8. The number of hydrogen-bond acceptors (Lipinski definition) is 6. The summed E-state index contributed by atoms with van der Waals surface area (Å²) in [6.07, 6.45) is 68.6. The van der Waals surface area contributed by atoms with Gasteiger partial charge < -0.3 is 14.2 Å². The second-order valence-electron chi connectivity index (χ2n) is 17.7. The first-order chi connectivity index (χ1) is 32.0. The number of ether oxygens (including phenoxy) is 3. The van der Waals surface area contributed by atoms with Crippen LogP contribution in [0.1, 0.15) is 252 Å². The third kappa shape index (κ3) is 51.4. The van der Waals surface area contributed by atoms with E-state index in [1.54, 1.807) is 0 Å². The molecule has 0 aliphatic heterocycles. The summed E-state index contributed by atoms with van der Waals surface area (Å²) in [5, 5.41) is 0. The van der Waals surface area contributed by atoms with Gasteiger partial charge in [0.1, 0.15) is 13.2 Å². The van der Waals surface area contributed by atoms with Crippen LogP contribution in [0.5, 0.6) is 0 Å². The fraction of sp³-hybridized carbons (Fsp3) is 0.712. The van der Waals surface area contributed by atoms with Crippen molar-refractivity contribution in [3.05, 3.63) is 85.1 Å². The third-order valence-electron chi connectivity index (χ3n) is 11.4. The summed E-state index contributed by atoms with van der Waals surface area (Å²) in [5.41, 5.74) is 0. The highest BCUT2D eigenvalue weighted by molar-refractivity contribution is 5.71.